The van der Waals surface area contributed by atoms with Crippen molar-refractivity contribution >= 4 is 28.9 Å². The Hall–Kier alpha value is -0.470. The molecular formula is C10H14Cl2N2. The zero-order valence-corrected chi connectivity index (χ0v) is 9.65. The zero-order valence-electron chi connectivity index (χ0n) is 8.13. The van der Waals surface area contributed by atoms with Gasteiger partial charge >= 0.3 is 0 Å². The third-order valence-corrected chi connectivity index (χ3v) is 2.60. The molecule has 1 aromatic rings. The molecule has 4 heteroatoms. The minimum atomic E-state index is 0.382. The minimum Gasteiger partial charge on any atom is -0.381 e. The van der Waals surface area contributed by atoms with Crippen LogP contribution in [0.4, 0.5) is 5.69 Å². The van der Waals surface area contributed by atoms with Crippen LogP contribution in [0.2, 0.25) is 5.02 Å². The van der Waals surface area contributed by atoms with Gasteiger partial charge in [0, 0.05) is 24.3 Å². The van der Waals surface area contributed by atoms with Crippen LogP contribution in [0.15, 0.2) is 18.5 Å². The molecular weight excluding hydrogens is 219 g/mol. The largest absolute Gasteiger partial charge is 0.381 e. The molecule has 0 fully saturated rings. The smallest absolute Gasteiger partial charge is 0.0820 e. The number of pyridine rings is 1. The number of nitrogens with one attached hydrogen (secondary N) is 1. The first-order valence-corrected chi connectivity index (χ1v) is 5.61. The highest BCUT2D eigenvalue weighted by Crippen LogP contribution is 2.21. The molecule has 0 bridgehead atoms. The molecule has 0 aromatic carbocycles. The molecule has 1 aromatic heterocycles. The Morgan fingerprint density at radius 1 is 1.57 bits per heavy atom. The van der Waals surface area contributed by atoms with Crippen LogP contribution in [-0.4, -0.2) is 16.9 Å². The third-order valence-electron chi connectivity index (χ3n) is 2.08. The second-order valence-corrected chi connectivity index (χ2v) is 3.87. The molecule has 0 aliphatic heterocycles. The van der Waals surface area contributed by atoms with Gasteiger partial charge in [-0.3, -0.25) is 4.98 Å². The summed E-state index contributed by atoms with van der Waals surface area (Å²) in [5.74, 6) is 0.661. The topological polar surface area (TPSA) is 24.9 Å². The van der Waals surface area contributed by atoms with Crippen molar-refractivity contribution in [3.8, 4) is 0 Å². The molecule has 1 heterocycles. The minimum absolute atomic E-state index is 0.382. The number of rotatable bonds is 5. The fourth-order valence-corrected chi connectivity index (χ4v) is 1.66. The van der Waals surface area contributed by atoms with Gasteiger partial charge in [0.05, 0.1) is 10.7 Å². The summed E-state index contributed by atoms with van der Waals surface area (Å²) >= 11 is 11.7. The molecule has 0 aliphatic rings. The van der Waals surface area contributed by atoms with Crippen molar-refractivity contribution in [3.63, 3.8) is 0 Å². The molecule has 0 saturated heterocycles. The average molecular weight is 233 g/mol. The molecule has 0 amide bonds. The van der Waals surface area contributed by atoms with E-state index in [1.807, 2.05) is 6.07 Å². The van der Waals surface area contributed by atoms with Gasteiger partial charge in [0.25, 0.3) is 0 Å². The summed E-state index contributed by atoms with van der Waals surface area (Å²) in [4.78, 5) is 3.93. The summed E-state index contributed by atoms with van der Waals surface area (Å²) in [6.45, 7) is 2.12. The van der Waals surface area contributed by atoms with Crippen molar-refractivity contribution in [1.29, 1.82) is 0 Å². The van der Waals surface area contributed by atoms with Gasteiger partial charge in [0.2, 0.25) is 0 Å². The predicted molar refractivity (Wildman–Crippen MR) is 62.3 cm³/mol. The van der Waals surface area contributed by atoms with Gasteiger partial charge in [-0.05, 0) is 18.9 Å². The number of hydrogen-bond acceptors (Lipinski definition) is 2. The van der Waals surface area contributed by atoms with Crippen molar-refractivity contribution in [2.75, 3.05) is 11.2 Å². The van der Waals surface area contributed by atoms with Crippen molar-refractivity contribution in [2.45, 2.75) is 25.8 Å². The van der Waals surface area contributed by atoms with E-state index in [2.05, 4.69) is 17.2 Å². The van der Waals surface area contributed by atoms with Gasteiger partial charge < -0.3 is 5.32 Å². The van der Waals surface area contributed by atoms with Gasteiger partial charge in [-0.25, -0.2) is 0 Å². The van der Waals surface area contributed by atoms with Gasteiger partial charge in [-0.15, -0.1) is 11.6 Å². The van der Waals surface area contributed by atoms with Crippen LogP contribution in [0.5, 0.6) is 0 Å². The molecule has 1 N–H and O–H groups in total. The maximum absolute atomic E-state index is 5.97. The van der Waals surface area contributed by atoms with Crippen LogP contribution < -0.4 is 5.32 Å². The highest BCUT2D eigenvalue weighted by atomic mass is 35.5. The first-order chi connectivity index (χ1) is 6.77. The second-order valence-electron chi connectivity index (χ2n) is 3.08. The van der Waals surface area contributed by atoms with Gasteiger partial charge in [0.1, 0.15) is 0 Å². The molecule has 0 aliphatic carbocycles. The standard InChI is InChI=1S/C10H14Cl2N2/c1-2-8(3-5-11)14-10-4-6-13-7-9(10)12/h4,6-8H,2-3,5H2,1H3,(H,13,14). The van der Waals surface area contributed by atoms with Gasteiger partial charge in [0.15, 0.2) is 0 Å². The molecule has 1 atom stereocenters. The summed E-state index contributed by atoms with van der Waals surface area (Å²) < 4.78 is 0. The lowest BCUT2D eigenvalue weighted by Crippen LogP contribution is -2.19. The highest BCUT2D eigenvalue weighted by molar-refractivity contribution is 6.33. The quantitative estimate of drug-likeness (QED) is 0.786. The van der Waals surface area contributed by atoms with Crippen LogP contribution in [-0.2, 0) is 0 Å². The van der Waals surface area contributed by atoms with Crippen LogP contribution in [0, 0.1) is 0 Å². The molecule has 78 valence electrons. The fourth-order valence-electron chi connectivity index (χ4n) is 1.22. The normalized spacial score (nSPS) is 12.5. The zero-order chi connectivity index (χ0) is 10.4. The Morgan fingerprint density at radius 2 is 2.36 bits per heavy atom. The van der Waals surface area contributed by atoms with E-state index >= 15 is 0 Å². The SMILES string of the molecule is CCC(CCCl)Nc1ccncc1Cl. The van der Waals surface area contributed by atoms with E-state index in [4.69, 9.17) is 23.2 Å². The summed E-state index contributed by atoms with van der Waals surface area (Å²) in [6, 6.07) is 2.26. The highest BCUT2D eigenvalue weighted by Gasteiger charge is 2.07. The van der Waals surface area contributed by atoms with Gasteiger partial charge in [-0.2, -0.15) is 0 Å². The van der Waals surface area contributed by atoms with Crippen molar-refractivity contribution in [2.24, 2.45) is 0 Å². The Bertz CT molecular complexity index is 279. The lowest BCUT2D eigenvalue weighted by molar-refractivity contribution is 0.675. The Morgan fingerprint density at radius 3 is 2.93 bits per heavy atom. The predicted octanol–water partition coefficient (Wildman–Crippen LogP) is 3.55. The number of halogens is 2. The molecule has 0 saturated carbocycles. The molecule has 2 nitrogen and oxygen atoms in total. The van der Waals surface area contributed by atoms with E-state index < -0.39 is 0 Å². The second kappa shape index (κ2) is 6.10. The van der Waals surface area contributed by atoms with Crippen LogP contribution in [0.3, 0.4) is 0 Å². The Labute approximate surface area is 94.6 Å². The van der Waals surface area contributed by atoms with Gasteiger partial charge in [-0.1, -0.05) is 18.5 Å². The van der Waals surface area contributed by atoms with Crippen LogP contribution in [0.25, 0.3) is 0 Å². The fraction of sp³-hybridized carbons (Fsp3) is 0.500. The van der Waals surface area contributed by atoms with E-state index in [1.54, 1.807) is 12.4 Å². The number of hydrogen-bond donors (Lipinski definition) is 1. The first kappa shape index (κ1) is 11.6. The lowest BCUT2D eigenvalue weighted by Gasteiger charge is -2.17. The molecule has 0 radical (unpaired) electrons. The first-order valence-electron chi connectivity index (χ1n) is 4.70. The average Bonchev–Trinajstić information content (AvgIpc) is 2.20. The van der Waals surface area contributed by atoms with E-state index in [0.29, 0.717) is 16.9 Å². The number of aromatic nitrogens is 1. The Balaban J connectivity index is 2.62. The molecule has 0 spiro atoms. The lowest BCUT2D eigenvalue weighted by atomic mass is 10.1. The Kier molecular flexibility index (Phi) is 5.05. The number of nitrogens with zero attached hydrogens (tertiary/aromatic N) is 1. The van der Waals surface area contributed by atoms with Crippen molar-refractivity contribution < 1.29 is 0 Å². The summed E-state index contributed by atoms with van der Waals surface area (Å²) in [7, 11) is 0. The summed E-state index contributed by atoms with van der Waals surface area (Å²) in [5, 5.41) is 3.99. The third kappa shape index (κ3) is 3.35. The van der Waals surface area contributed by atoms with Crippen molar-refractivity contribution in [1.82, 2.24) is 4.98 Å². The van der Waals surface area contributed by atoms with E-state index in [1.165, 1.54) is 0 Å². The number of anilines is 1. The number of alkyl halides is 1. The van der Waals surface area contributed by atoms with Crippen LogP contribution >= 0.6 is 23.2 Å². The monoisotopic (exact) mass is 232 g/mol. The molecule has 1 unspecified atom stereocenters. The van der Waals surface area contributed by atoms with E-state index in [-0.39, 0.29) is 0 Å². The molecule has 14 heavy (non-hydrogen) atoms. The van der Waals surface area contributed by atoms with E-state index in [0.717, 1.165) is 18.5 Å². The summed E-state index contributed by atoms with van der Waals surface area (Å²) in [5.41, 5.74) is 0.929. The van der Waals surface area contributed by atoms with Crippen LogP contribution in [0.1, 0.15) is 19.8 Å². The molecule has 1 rings (SSSR count). The van der Waals surface area contributed by atoms with E-state index in [9.17, 15) is 0 Å². The maximum atomic E-state index is 5.97. The maximum Gasteiger partial charge on any atom is 0.0820 e. The summed E-state index contributed by atoms with van der Waals surface area (Å²) in [6.07, 6.45) is 5.33. The van der Waals surface area contributed by atoms with Crippen molar-refractivity contribution in [3.05, 3.63) is 23.5 Å².